The van der Waals surface area contributed by atoms with Crippen molar-refractivity contribution in [2.24, 2.45) is 0 Å². The molecule has 4 nitrogen and oxygen atoms in total. The molecule has 1 aromatic heterocycles. The van der Waals surface area contributed by atoms with E-state index in [1.54, 1.807) is 6.20 Å². The number of benzene rings is 1. The van der Waals surface area contributed by atoms with Crippen molar-refractivity contribution in [3.63, 3.8) is 0 Å². The van der Waals surface area contributed by atoms with E-state index in [0.29, 0.717) is 12.4 Å². The number of ether oxygens (including phenoxy) is 1. The molecule has 106 valence electrons. The summed E-state index contributed by atoms with van der Waals surface area (Å²) in [6.07, 6.45) is 1.71. The number of likely N-dealkylation sites (N-methyl/N-ethyl adjacent to an activating group) is 1. The molecule has 1 aromatic carbocycles. The minimum Gasteiger partial charge on any atom is -0.492 e. The van der Waals surface area contributed by atoms with E-state index in [2.05, 4.69) is 22.9 Å². The van der Waals surface area contributed by atoms with Gasteiger partial charge in [-0.3, -0.25) is 4.90 Å². The number of para-hydroxylation sites is 1. The Hall–Kier alpha value is -2.07. The van der Waals surface area contributed by atoms with Crippen LogP contribution in [0.1, 0.15) is 11.1 Å². The number of aryl methyl sites for hydroxylation is 1. The Kier molecular flexibility index (Phi) is 4.96. The Balaban J connectivity index is 1.80. The molecule has 0 aliphatic heterocycles. The second-order valence-corrected chi connectivity index (χ2v) is 4.90. The van der Waals surface area contributed by atoms with E-state index in [-0.39, 0.29) is 0 Å². The molecule has 0 atom stereocenters. The Morgan fingerprint density at radius 3 is 2.75 bits per heavy atom. The Morgan fingerprint density at radius 2 is 2.00 bits per heavy atom. The van der Waals surface area contributed by atoms with Crippen LogP contribution in [0.4, 0.5) is 5.82 Å². The van der Waals surface area contributed by atoms with Crippen LogP contribution in [0, 0.1) is 6.92 Å². The lowest BCUT2D eigenvalue weighted by Crippen LogP contribution is -2.24. The monoisotopic (exact) mass is 271 g/mol. The van der Waals surface area contributed by atoms with E-state index in [1.807, 2.05) is 37.4 Å². The van der Waals surface area contributed by atoms with Crippen LogP contribution in [0.5, 0.6) is 5.75 Å². The summed E-state index contributed by atoms with van der Waals surface area (Å²) in [6.45, 7) is 4.32. The highest BCUT2D eigenvalue weighted by atomic mass is 16.5. The summed E-state index contributed by atoms with van der Waals surface area (Å²) in [5.74, 6) is 1.54. The molecule has 2 rings (SSSR count). The molecule has 0 aliphatic carbocycles. The lowest BCUT2D eigenvalue weighted by molar-refractivity contribution is 0.232. The minimum absolute atomic E-state index is 0.596. The van der Waals surface area contributed by atoms with Crippen molar-refractivity contribution in [3.05, 3.63) is 53.7 Å². The molecule has 0 unspecified atom stereocenters. The molecule has 0 saturated carbocycles. The summed E-state index contributed by atoms with van der Waals surface area (Å²) in [6, 6.07) is 12.0. The lowest BCUT2D eigenvalue weighted by atomic mass is 10.2. The quantitative estimate of drug-likeness (QED) is 0.877. The van der Waals surface area contributed by atoms with Crippen molar-refractivity contribution in [1.29, 1.82) is 0 Å². The normalized spacial score (nSPS) is 10.8. The third-order valence-electron chi connectivity index (χ3n) is 3.19. The molecule has 0 aliphatic rings. The molecule has 0 saturated heterocycles. The summed E-state index contributed by atoms with van der Waals surface area (Å²) < 4.78 is 5.79. The first kappa shape index (κ1) is 14.3. The molecule has 2 N–H and O–H groups in total. The zero-order valence-electron chi connectivity index (χ0n) is 12.0. The molecular formula is C16H21N3O. The first-order chi connectivity index (χ1) is 9.66. The average molecular weight is 271 g/mol. The number of rotatable bonds is 6. The van der Waals surface area contributed by atoms with Crippen LogP contribution in [0.3, 0.4) is 0 Å². The van der Waals surface area contributed by atoms with Crippen molar-refractivity contribution < 1.29 is 4.74 Å². The van der Waals surface area contributed by atoms with E-state index >= 15 is 0 Å². The van der Waals surface area contributed by atoms with E-state index in [4.69, 9.17) is 10.5 Å². The van der Waals surface area contributed by atoms with Crippen LogP contribution < -0.4 is 10.5 Å². The van der Waals surface area contributed by atoms with Gasteiger partial charge in [0.15, 0.2) is 0 Å². The van der Waals surface area contributed by atoms with Gasteiger partial charge in [-0.2, -0.15) is 0 Å². The molecule has 20 heavy (non-hydrogen) atoms. The van der Waals surface area contributed by atoms with Crippen LogP contribution >= 0.6 is 0 Å². The van der Waals surface area contributed by atoms with E-state index in [9.17, 15) is 0 Å². The Labute approximate surface area is 120 Å². The Morgan fingerprint density at radius 1 is 1.20 bits per heavy atom. The summed E-state index contributed by atoms with van der Waals surface area (Å²) >= 11 is 0. The van der Waals surface area contributed by atoms with Gasteiger partial charge in [0.2, 0.25) is 0 Å². The van der Waals surface area contributed by atoms with Gasteiger partial charge in [0.25, 0.3) is 0 Å². The fraction of sp³-hybridized carbons (Fsp3) is 0.312. The van der Waals surface area contributed by atoms with E-state index in [0.717, 1.165) is 30.0 Å². The molecule has 2 aromatic rings. The zero-order valence-corrected chi connectivity index (χ0v) is 12.0. The molecule has 0 spiro atoms. The second-order valence-electron chi connectivity index (χ2n) is 4.90. The molecule has 0 bridgehead atoms. The number of hydrogen-bond donors (Lipinski definition) is 1. The molecule has 0 amide bonds. The molecule has 0 radical (unpaired) electrons. The van der Waals surface area contributed by atoms with Gasteiger partial charge >= 0.3 is 0 Å². The molecule has 4 heteroatoms. The molecular weight excluding hydrogens is 250 g/mol. The number of anilines is 1. The molecule has 0 fully saturated rings. The number of nitrogen functional groups attached to an aromatic ring is 1. The first-order valence-corrected chi connectivity index (χ1v) is 6.73. The van der Waals surface area contributed by atoms with Crippen LogP contribution in [-0.4, -0.2) is 30.1 Å². The van der Waals surface area contributed by atoms with Crippen molar-refractivity contribution in [3.8, 4) is 5.75 Å². The number of nitrogens with zero attached hydrogens (tertiary/aromatic N) is 2. The van der Waals surface area contributed by atoms with E-state index in [1.165, 1.54) is 0 Å². The largest absolute Gasteiger partial charge is 0.492 e. The zero-order chi connectivity index (χ0) is 14.4. The summed E-state index contributed by atoms with van der Waals surface area (Å²) in [5.41, 5.74) is 8.05. The summed E-state index contributed by atoms with van der Waals surface area (Å²) in [7, 11) is 2.05. The maximum absolute atomic E-state index is 5.84. The van der Waals surface area contributed by atoms with Gasteiger partial charge in [0.1, 0.15) is 18.2 Å². The van der Waals surface area contributed by atoms with Gasteiger partial charge in [-0.05, 0) is 31.7 Å². The standard InChI is InChI=1S/C16H21N3O/c1-13-6-3-4-8-15(13)20-11-10-19(2)12-14-7-5-9-18-16(14)17/h3-9H,10-12H2,1-2H3,(H2,17,18). The predicted octanol–water partition coefficient (Wildman–Crippen LogP) is 2.48. The lowest BCUT2D eigenvalue weighted by Gasteiger charge is -2.18. The highest BCUT2D eigenvalue weighted by Crippen LogP contribution is 2.16. The van der Waals surface area contributed by atoms with Crippen LogP contribution in [0.15, 0.2) is 42.6 Å². The maximum Gasteiger partial charge on any atom is 0.127 e. The first-order valence-electron chi connectivity index (χ1n) is 6.73. The number of nitrogens with two attached hydrogens (primary N) is 1. The third kappa shape index (κ3) is 3.96. The van der Waals surface area contributed by atoms with Crippen molar-refractivity contribution in [2.75, 3.05) is 25.9 Å². The van der Waals surface area contributed by atoms with Crippen LogP contribution in [-0.2, 0) is 6.54 Å². The average Bonchev–Trinajstić information content (AvgIpc) is 2.43. The highest BCUT2D eigenvalue weighted by molar-refractivity contribution is 5.38. The number of hydrogen-bond acceptors (Lipinski definition) is 4. The molecule has 1 heterocycles. The minimum atomic E-state index is 0.596. The summed E-state index contributed by atoms with van der Waals surface area (Å²) in [5, 5.41) is 0. The smallest absolute Gasteiger partial charge is 0.127 e. The van der Waals surface area contributed by atoms with Gasteiger partial charge in [-0.1, -0.05) is 24.3 Å². The SMILES string of the molecule is Cc1ccccc1OCCN(C)Cc1cccnc1N. The van der Waals surface area contributed by atoms with E-state index < -0.39 is 0 Å². The van der Waals surface area contributed by atoms with Crippen molar-refractivity contribution in [2.45, 2.75) is 13.5 Å². The van der Waals surface area contributed by atoms with Crippen LogP contribution in [0.2, 0.25) is 0 Å². The highest BCUT2D eigenvalue weighted by Gasteiger charge is 2.05. The predicted molar refractivity (Wildman–Crippen MR) is 81.7 cm³/mol. The van der Waals surface area contributed by atoms with Gasteiger partial charge in [-0.25, -0.2) is 4.98 Å². The van der Waals surface area contributed by atoms with Gasteiger partial charge in [0.05, 0.1) is 0 Å². The second kappa shape index (κ2) is 6.91. The topological polar surface area (TPSA) is 51.4 Å². The van der Waals surface area contributed by atoms with Gasteiger partial charge < -0.3 is 10.5 Å². The van der Waals surface area contributed by atoms with Crippen molar-refractivity contribution >= 4 is 5.82 Å². The Bertz CT molecular complexity index is 557. The fourth-order valence-corrected chi connectivity index (χ4v) is 1.98. The number of aromatic nitrogens is 1. The van der Waals surface area contributed by atoms with Crippen LogP contribution in [0.25, 0.3) is 0 Å². The van der Waals surface area contributed by atoms with Gasteiger partial charge in [-0.15, -0.1) is 0 Å². The summed E-state index contributed by atoms with van der Waals surface area (Å²) in [4.78, 5) is 6.26. The van der Waals surface area contributed by atoms with Crippen molar-refractivity contribution in [1.82, 2.24) is 9.88 Å². The fourth-order valence-electron chi connectivity index (χ4n) is 1.98. The number of pyridine rings is 1. The van der Waals surface area contributed by atoms with Gasteiger partial charge in [0, 0.05) is 24.8 Å². The third-order valence-corrected chi connectivity index (χ3v) is 3.19. The maximum atomic E-state index is 5.84.